The van der Waals surface area contributed by atoms with E-state index in [0.29, 0.717) is 16.6 Å². The molecule has 0 bridgehead atoms. The SMILES string of the molecule is Cc1cc(NS(=O)(=O)c2ccc(NC(=O)CSc3nc(-c4ccccc4)c(-c4ccccc4)[nH]3)cc2)no1. The van der Waals surface area contributed by atoms with Gasteiger partial charge in [0.1, 0.15) is 5.76 Å². The number of nitrogens with zero attached hydrogens (tertiary/aromatic N) is 2. The molecule has 2 heterocycles. The van der Waals surface area contributed by atoms with E-state index in [-0.39, 0.29) is 22.4 Å². The molecule has 3 N–H and O–H groups in total. The highest BCUT2D eigenvalue weighted by Gasteiger charge is 2.17. The number of imidazole rings is 1. The number of hydrogen-bond donors (Lipinski definition) is 3. The van der Waals surface area contributed by atoms with Crippen LogP contribution in [0.5, 0.6) is 0 Å². The Labute approximate surface area is 223 Å². The highest BCUT2D eigenvalue weighted by atomic mass is 32.2. The summed E-state index contributed by atoms with van der Waals surface area (Å²) in [4.78, 5) is 20.8. The lowest BCUT2D eigenvalue weighted by molar-refractivity contribution is -0.113. The van der Waals surface area contributed by atoms with Crippen LogP contribution in [0.4, 0.5) is 11.5 Å². The van der Waals surface area contributed by atoms with Crippen LogP contribution in [0.2, 0.25) is 0 Å². The molecule has 0 saturated carbocycles. The van der Waals surface area contributed by atoms with Gasteiger partial charge in [-0.05, 0) is 31.2 Å². The van der Waals surface area contributed by atoms with Gasteiger partial charge in [0.2, 0.25) is 5.91 Å². The van der Waals surface area contributed by atoms with Gasteiger partial charge in [-0.15, -0.1) is 0 Å². The number of carbonyl (C=O) groups excluding carboxylic acids is 1. The maximum Gasteiger partial charge on any atom is 0.263 e. The molecule has 0 aliphatic rings. The zero-order chi connectivity index (χ0) is 26.5. The molecule has 0 spiro atoms. The summed E-state index contributed by atoms with van der Waals surface area (Å²) in [5.74, 6) is 0.450. The fourth-order valence-electron chi connectivity index (χ4n) is 3.70. The quantitative estimate of drug-likeness (QED) is 0.206. The van der Waals surface area contributed by atoms with Crippen LogP contribution in [-0.2, 0) is 14.8 Å². The minimum atomic E-state index is -3.84. The summed E-state index contributed by atoms with van der Waals surface area (Å²) in [6, 6.07) is 27.1. The molecule has 5 rings (SSSR count). The van der Waals surface area contributed by atoms with Crippen molar-refractivity contribution in [3.8, 4) is 22.5 Å². The van der Waals surface area contributed by atoms with Crippen molar-refractivity contribution in [3.05, 3.63) is 96.8 Å². The second-order valence-corrected chi connectivity index (χ2v) is 10.9. The molecule has 0 aliphatic carbocycles. The van der Waals surface area contributed by atoms with Crippen molar-refractivity contribution in [3.63, 3.8) is 0 Å². The minimum Gasteiger partial charge on any atom is -0.360 e. The number of rotatable bonds is 9. The summed E-state index contributed by atoms with van der Waals surface area (Å²) in [6.45, 7) is 1.66. The number of aromatic nitrogens is 3. The summed E-state index contributed by atoms with van der Waals surface area (Å²) < 4.78 is 32.3. The van der Waals surface area contributed by atoms with Crippen LogP contribution in [0, 0.1) is 6.92 Å². The van der Waals surface area contributed by atoms with Crippen molar-refractivity contribution in [2.75, 3.05) is 15.8 Å². The summed E-state index contributed by atoms with van der Waals surface area (Å²) in [5.41, 5.74) is 4.14. The average Bonchev–Trinajstić information content (AvgIpc) is 3.54. The molecule has 2 aromatic heterocycles. The van der Waals surface area contributed by atoms with Gasteiger partial charge in [-0.3, -0.25) is 9.52 Å². The molecule has 0 unspecified atom stereocenters. The van der Waals surface area contributed by atoms with Gasteiger partial charge in [-0.25, -0.2) is 13.4 Å². The number of aryl methyl sites for hydroxylation is 1. The monoisotopic (exact) mass is 545 g/mol. The van der Waals surface area contributed by atoms with Crippen LogP contribution in [0.15, 0.2) is 106 Å². The summed E-state index contributed by atoms with van der Waals surface area (Å²) in [6.07, 6.45) is 0. The van der Waals surface area contributed by atoms with Gasteiger partial charge in [0.05, 0.1) is 22.0 Å². The maximum absolute atomic E-state index is 12.6. The van der Waals surface area contributed by atoms with Gasteiger partial charge in [-0.1, -0.05) is 77.6 Å². The maximum atomic E-state index is 12.6. The smallest absolute Gasteiger partial charge is 0.263 e. The molecular formula is C27H23N5O4S2. The molecule has 0 saturated heterocycles. The first kappa shape index (κ1) is 25.3. The number of anilines is 2. The molecule has 192 valence electrons. The molecule has 9 nitrogen and oxygen atoms in total. The van der Waals surface area contributed by atoms with E-state index in [4.69, 9.17) is 9.51 Å². The van der Waals surface area contributed by atoms with Gasteiger partial charge >= 0.3 is 0 Å². The first-order valence-electron chi connectivity index (χ1n) is 11.6. The van der Waals surface area contributed by atoms with E-state index < -0.39 is 10.0 Å². The first-order chi connectivity index (χ1) is 18.4. The first-order valence-corrected chi connectivity index (χ1v) is 14.0. The third-order valence-corrected chi connectivity index (χ3v) is 7.69. The zero-order valence-corrected chi connectivity index (χ0v) is 21.8. The zero-order valence-electron chi connectivity index (χ0n) is 20.2. The Morgan fingerprint density at radius 2 is 1.61 bits per heavy atom. The Kier molecular flexibility index (Phi) is 7.29. The van der Waals surface area contributed by atoms with Gasteiger partial charge < -0.3 is 14.8 Å². The van der Waals surface area contributed by atoms with Gasteiger partial charge in [0, 0.05) is 22.9 Å². The topological polar surface area (TPSA) is 130 Å². The number of H-pyrrole nitrogens is 1. The van der Waals surface area contributed by atoms with E-state index in [1.54, 1.807) is 6.92 Å². The average molecular weight is 546 g/mol. The van der Waals surface area contributed by atoms with Crippen molar-refractivity contribution in [2.24, 2.45) is 0 Å². The Morgan fingerprint density at radius 3 is 2.24 bits per heavy atom. The number of nitrogens with one attached hydrogen (secondary N) is 3. The second-order valence-electron chi connectivity index (χ2n) is 8.29. The van der Waals surface area contributed by atoms with E-state index >= 15 is 0 Å². The number of benzene rings is 3. The third-order valence-electron chi connectivity index (χ3n) is 5.45. The number of hydrogen-bond acceptors (Lipinski definition) is 7. The van der Waals surface area contributed by atoms with Crippen molar-refractivity contribution in [1.82, 2.24) is 15.1 Å². The molecule has 0 aliphatic heterocycles. The van der Waals surface area contributed by atoms with Crippen LogP contribution in [0.1, 0.15) is 5.76 Å². The van der Waals surface area contributed by atoms with Crippen molar-refractivity contribution >= 4 is 39.2 Å². The summed E-state index contributed by atoms with van der Waals surface area (Å²) in [7, 11) is -3.84. The normalized spacial score (nSPS) is 11.3. The van der Waals surface area contributed by atoms with Crippen LogP contribution in [0.25, 0.3) is 22.5 Å². The fourth-order valence-corrected chi connectivity index (χ4v) is 5.35. The largest absolute Gasteiger partial charge is 0.360 e. The van der Waals surface area contributed by atoms with Crippen LogP contribution < -0.4 is 10.0 Å². The molecular weight excluding hydrogens is 522 g/mol. The Balaban J connectivity index is 1.24. The number of amides is 1. The number of carbonyl (C=O) groups is 1. The molecule has 3 aromatic carbocycles. The van der Waals surface area contributed by atoms with Gasteiger partial charge in [0.15, 0.2) is 11.0 Å². The van der Waals surface area contributed by atoms with Crippen LogP contribution in [0.3, 0.4) is 0 Å². The predicted molar refractivity (Wildman–Crippen MR) is 147 cm³/mol. The lowest BCUT2D eigenvalue weighted by Gasteiger charge is -2.07. The lowest BCUT2D eigenvalue weighted by atomic mass is 10.1. The predicted octanol–water partition coefficient (Wildman–Crippen LogP) is 5.57. The van der Waals surface area contributed by atoms with Gasteiger partial charge in [0.25, 0.3) is 10.0 Å². The Morgan fingerprint density at radius 1 is 0.947 bits per heavy atom. The molecule has 0 radical (unpaired) electrons. The second kappa shape index (κ2) is 11.0. The Bertz CT molecular complexity index is 1590. The van der Waals surface area contributed by atoms with Crippen molar-refractivity contribution in [1.29, 1.82) is 0 Å². The van der Waals surface area contributed by atoms with E-state index in [9.17, 15) is 13.2 Å². The van der Waals surface area contributed by atoms with Crippen molar-refractivity contribution in [2.45, 2.75) is 17.0 Å². The van der Waals surface area contributed by atoms with Crippen LogP contribution in [-0.4, -0.2) is 35.2 Å². The highest BCUT2D eigenvalue weighted by molar-refractivity contribution is 7.99. The lowest BCUT2D eigenvalue weighted by Crippen LogP contribution is -2.15. The summed E-state index contributed by atoms with van der Waals surface area (Å²) in [5, 5.41) is 7.04. The number of aromatic amines is 1. The van der Waals surface area contributed by atoms with E-state index in [1.165, 1.54) is 42.1 Å². The van der Waals surface area contributed by atoms with Crippen molar-refractivity contribution < 1.29 is 17.7 Å². The molecule has 38 heavy (non-hydrogen) atoms. The highest BCUT2D eigenvalue weighted by Crippen LogP contribution is 2.32. The molecule has 0 fully saturated rings. The van der Waals surface area contributed by atoms with E-state index in [2.05, 4.69) is 20.2 Å². The third kappa shape index (κ3) is 5.96. The fraction of sp³-hybridized carbons (Fsp3) is 0.0741. The molecule has 0 atom stereocenters. The molecule has 5 aromatic rings. The number of thioether (sulfide) groups is 1. The van der Waals surface area contributed by atoms with E-state index in [1.807, 2.05) is 60.7 Å². The number of sulfonamides is 1. The minimum absolute atomic E-state index is 0.0306. The molecule has 11 heteroatoms. The van der Waals surface area contributed by atoms with E-state index in [0.717, 1.165) is 22.5 Å². The molecule has 1 amide bonds. The Hall–Kier alpha value is -4.35. The van der Waals surface area contributed by atoms with Gasteiger partial charge in [-0.2, -0.15) is 0 Å². The summed E-state index contributed by atoms with van der Waals surface area (Å²) >= 11 is 1.28. The van der Waals surface area contributed by atoms with Crippen LogP contribution >= 0.6 is 11.8 Å². The standard InChI is InChI=1S/C27H23N5O4S2/c1-18-16-23(31-36-18)32-38(34,35)22-14-12-21(13-15-22)28-24(33)17-37-27-29-25(19-8-4-2-5-9-19)26(30-27)20-10-6-3-7-11-20/h2-16H,17H2,1H3,(H,28,33)(H,29,30)(H,31,32).